The average molecular weight is 507 g/mol. The molecule has 1 aliphatic heterocycles. The van der Waals surface area contributed by atoms with E-state index >= 15 is 0 Å². The number of carbonyl (C=O) groups is 2. The maximum absolute atomic E-state index is 13.4. The third kappa shape index (κ3) is 2.83. The summed E-state index contributed by atoms with van der Waals surface area (Å²) in [6.45, 7) is 8.96. The van der Waals surface area contributed by atoms with Crippen LogP contribution in [0.2, 0.25) is 0 Å². The van der Waals surface area contributed by atoms with Crippen LogP contribution in [0, 0.1) is 16.7 Å². The van der Waals surface area contributed by atoms with Crippen molar-refractivity contribution in [2.45, 2.75) is 75.9 Å². The first-order valence-electron chi connectivity index (χ1n) is 13.0. The number of fused-ring (bicyclic) bond motifs is 3. The fraction of sp³-hybridized carbons (Fsp3) is 0.552. The minimum atomic E-state index is -1.62. The summed E-state index contributed by atoms with van der Waals surface area (Å²) in [6, 6.07) is 10.8. The van der Waals surface area contributed by atoms with Gasteiger partial charge >= 0.3 is 12.1 Å². The van der Waals surface area contributed by atoms with Crippen molar-refractivity contribution in [2.24, 2.45) is 16.7 Å². The Labute approximate surface area is 216 Å². The van der Waals surface area contributed by atoms with Crippen molar-refractivity contribution in [3.63, 3.8) is 0 Å². The first-order chi connectivity index (χ1) is 17.5. The molecular weight excluding hydrogens is 472 g/mol. The number of pyridine rings is 1. The lowest BCUT2D eigenvalue weighted by atomic mass is 9.58. The number of esters is 1. The van der Waals surface area contributed by atoms with E-state index in [4.69, 9.17) is 14.2 Å². The zero-order valence-corrected chi connectivity index (χ0v) is 21.9. The first kappa shape index (κ1) is 24.4. The number of epoxide rings is 1. The standard InChI is InChI=1S/C29H34N2O6/c1-16-15-28-27(4)21(14-20(26(27,2)3)29(28,37-28)19-9-7-6-8-18(16)19)36-24(33)23(32)22(31-25(34)35-5)17-10-12-30-13-11-17/h6-13,16,20-23,32H,14-15H2,1-5H3,(H,31,34)/t16?,20?,21?,22-,23+,27?,28-,29+/m0/s1. The highest BCUT2D eigenvalue weighted by Gasteiger charge is 2.95. The van der Waals surface area contributed by atoms with E-state index in [0.717, 1.165) is 6.42 Å². The Morgan fingerprint density at radius 2 is 1.86 bits per heavy atom. The summed E-state index contributed by atoms with van der Waals surface area (Å²) in [5, 5.41) is 13.7. The second kappa shape index (κ2) is 7.77. The Kier molecular flexibility index (Phi) is 5.12. The number of nitrogens with zero attached hydrogens (tertiary/aromatic N) is 1. The van der Waals surface area contributed by atoms with Crippen LogP contribution in [0.4, 0.5) is 4.79 Å². The van der Waals surface area contributed by atoms with E-state index in [1.165, 1.54) is 30.6 Å². The summed E-state index contributed by atoms with van der Waals surface area (Å²) in [5.74, 6) is -0.293. The second-order valence-electron chi connectivity index (χ2n) is 11.8. The third-order valence-corrected chi connectivity index (χ3v) is 10.4. The molecule has 4 aliphatic rings. The second-order valence-corrected chi connectivity index (χ2v) is 11.8. The minimum absolute atomic E-state index is 0.160. The van der Waals surface area contributed by atoms with Crippen molar-refractivity contribution < 1.29 is 28.9 Å². The van der Waals surface area contributed by atoms with Gasteiger partial charge in [0.25, 0.3) is 0 Å². The van der Waals surface area contributed by atoms with Crippen LogP contribution in [-0.2, 0) is 24.6 Å². The molecule has 2 bridgehead atoms. The Balaban J connectivity index is 1.31. The fourth-order valence-electron chi connectivity index (χ4n) is 8.35. The van der Waals surface area contributed by atoms with E-state index in [1.54, 1.807) is 12.1 Å². The van der Waals surface area contributed by atoms with Crippen LogP contribution in [0.15, 0.2) is 48.8 Å². The molecule has 37 heavy (non-hydrogen) atoms. The lowest BCUT2D eigenvalue weighted by Crippen LogP contribution is -2.53. The van der Waals surface area contributed by atoms with Crippen molar-refractivity contribution in [3.05, 3.63) is 65.5 Å². The van der Waals surface area contributed by atoms with Crippen LogP contribution in [0.25, 0.3) is 0 Å². The summed E-state index contributed by atoms with van der Waals surface area (Å²) in [4.78, 5) is 29.4. The summed E-state index contributed by atoms with van der Waals surface area (Å²) in [7, 11) is 1.23. The smallest absolute Gasteiger partial charge is 0.407 e. The Morgan fingerprint density at radius 1 is 1.16 bits per heavy atom. The van der Waals surface area contributed by atoms with Gasteiger partial charge in [0.1, 0.15) is 17.3 Å². The Bertz CT molecular complexity index is 1270. The highest BCUT2D eigenvalue weighted by atomic mass is 16.6. The number of hydrogen-bond acceptors (Lipinski definition) is 7. The molecule has 4 unspecified atom stereocenters. The SMILES string of the molecule is COC(=O)N[C@@H](c1ccncc1)[C@@H](O)C(=O)OC1CC2C(C)(C)C1(C)[C@@]13CC(C)c4ccccc4[C@@]21O3. The maximum Gasteiger partial charge on any atom is 0.407 e. The van der Waals surface area contributed by atoms with Crippen LogP contribution in [0.3, 0.4) is 0 Å². The third-order valence-electron chi connectivity index (χ3n) is 10.4. The predicted octanol–water partition coefficient (Wildman–Crippen LogP) is 3.99. The molecule has 3 aliphatic carbocycles. The van der Waals surface area contributed by atoms with Crippen LogP contribution >= 0.6 is 0 Å². The quantitative estimate of drug-likeness (QED) is 0.466. The zero-order valence-electron chi connectivity index (χ0n) is 21.9. The molecule has 1 aromatic heterocycles. The molecule has 2 saturated carbocycles. The van der Waals surface area contributed by atoms with Gasteiger partial charge in [-0.1, -0.05) is 52.0 Å². The predicted molar refractivity (Wildman–Crippen MR) is 133 cm³/mol. The number of methoxy groups -OCH3 is 1. The van der Waals surface area contributed by atoms with Gasteiger partial charge in [-0.2, -0.15) is 0 Å². The number of benzene rings is 1. The first-order valence-corrected chi connectivity index (χ1v) is 13.0. The number of aliphatic hydroxyl groups excluding tert-OH is 1. The number of alkyl carbamates (subject to hydrolysis) is 1. The number of carbonyl (C=O) groups excluding carboxylic acids is 2. The van der Waals surface area contributed by atoms with Crippen molar-refractivity contribution in [2.75, 3.05) is 7.11 Å². The van der Waals surface area contributed by atoms with Gasteiger partial charge in [-0.05, 0) is 53.0 Å². The molecule has 3 fully saturated rings. The highest BCUT2D eigenvalue weighted by Crippen LogP contribution is 2.89. The van der Waals surface area contributed by atoms with Gasteiger partial charge in [0, 0.05) is 23.7 Å². The zero-order chi connectivity index (χ0) is 26.4. The summed E-state index contributed by atoms with van der Waals surface area (Å²) >= 11 is 0. The van der Waals surface area contributed by atoms with Crippen molar-refractivity contribution in [1.29, 1.82) is 0 Å². The van der Waals surface area contributed by atoms with E-state index in [9.17, 15) is 14.7 Å². The number of rotatable bonds is 5. The fourth-order valence-corrected chi connectivity index (χ4v) is 8.35. The number of aromatic nitrogens is 1. The highest BCUT2D eigenvalue weighted by molar-refractivity contribution is 5.78. The lowest BCUT2D eigenvalue weighted by Gasteiger charge is -2.46. The molecule has 1 saturated heterocycles. The molecular formula is C29H34N2O6. The molecule has 196 valence electrons. The van der Waals surface area contributed by atoms with E-state index in [1.807, 2.05) is 0 Å². The van der Waals surface area contributed by atoms with Gasteiger partial charge in [-0.15, -0.1) is 0 Å². The van der Waals surface area contributed by atoms with E-state index in [-0.39, 0.29) is 16.9 Å². The monoisotopic (exact) mass is 506 g/mol. The van der Waals surface area contributed by atoms with Crippen molar-refractivity contribution >= 4 is 12.1 Å². The average Bonchev–Trinajstić information content (AvgIpc) is 3.52. The molecule has 8 atom stereocenters. The minimum Gasteiger partial charge on any atom is -0.460 e. The Hall–Kier alpha value is -2.97. The van der Waals surface area contributed by atoms with Crippen molar-refractivity contribution in [3.8, 4) is 0 Å². The summed E-state index contributed by atoms with van der Waals surface area (Å²) in [5.41, 5.74) is 1.75. The van der Waals surface area contributed by atoms with Gasteiger partial charge in [0.15, 0.2) is 6.10 Å². The van der Waals surface area contributed by atoms with Crippen LogP contribution in [0.5, 0.6) is 0 Å². The van der Waals surface area contributed by atoms with Gasteiger partial charge in [0.2, 0.25) is 0 Å². The molecule has 8 heteroatoms. The van der Waals surface area contributed by atoms with Gasteiger partial charge < -0.3 is 24.6 Å². The maximum atomic E-state index is 13.4. The topological polar surface area (TPSA) is 110 Å². The molecule has 2 aromatic rings. The van der Waals surface area contributed by atoms with Crippen LogP contribution in [0.1, 0.15) is 69.2 Å². The van der Waals surface area contributed by atoms with Crippen LogP contribution in [-0.4, -0.2) is 47.1 Å². The molecule has 8 nitrogen and oxygen atoms in total. The molecule has 6 rings (SSSR count). The summed E-state index contributed by atoms with van der Waals surface area (Å²) < 4.78 is 17.7. The molecule has 0 radical (unpaired) electrons. The molecule has 2 N–H and O–H groups in total. The lowest BCUT2D eigenvalue weighted by molar-refractivity contribution is -0.173. The van der Waals surface area contributed by atoms with Gasteiger partial charge in [0.05, 0.1) is 13.2 Å². The number of hydrogen-bond donors (Lipinski definition) is 2. The molecule has 2 heterocycles. The molecule has 1 aromatic carbocycles. The molecule has 0 spiro atoms. The Morgan fingerprint density at radius 3 is 2.57 bits per heavy atom. The van der Waals surface area contributed by atoms with Crippen LogP contribution < -0.4 is 5.32 Å². The summed E-state index contributed by atoms with van der Waals surface area (Å²) in [6.07, 6.45) is 1.76. The van der Waals surface area contributed by atoms with Gasteiger partial charge in [-0.3, -0.25) is 4.98 Å². The molecule has 1 amide bonds. The number of aliphatic hydroxyl groups is 1. The number of amides is 1. The van der Waals surface area contributed by atoms with Crippen molar-refractivity contribution in [1.82, 2.24) is 10.3 Å². The van der Waals surface area contributed by atoms with E-state index < -0.39 is 41.3 Å². The normalized spacial score (nSPS) is 37.4. The number of ether oxygens (including phenoxy) is 3. The van der Waals surface area contributed by atoms with E-state index in [0.29, 0.717) is 17.9 Å². The largest absolute Gasteiger partial charge is 0.460 e. The van der Waals surface area contributed by atoms with Gasteiger partial charge in [-0.25, -0.2) is 9.59 Å². The number of nitrogens with one attached hydrogen (secondary N) is 1. The van der Waals surface area contributed by atoms with E-state index in [2.05, 4.69) is 62.3 Å².